The van der Waals surface area contributed by atoms with E-state index in [1.165, 1.54) is 0 Å². The van der Waals surface area contributed by atoms with E-state index in [1.54, 1.807) is 0 Å². The van der Waals surface area contributed by atoms with E-state index >= 15 is 0 Å². The number of esters is 2. The number of ether oxygens (including phenoxy) is 5. The molecule has 131 valence electrons. The molecule has 5 fully saturated rings. The Morgan fingerprint density at radius 3 is 2.33 bits per heavy atom. The molecule has 0 unspecified atom stereocenters. The minimum absolute atomic E-state index is 0.00656. The van der Waals surface area contributed by atoms with E-state index in [-0.39, 0.29) is 30.4 Å². The van der Waals surface area contributed by atoms with Crippen LogP contribution in [0.1, 0.15) is 38.5 Å². The molecule has 0 bridgehead atoms. The summed E-state index contributed by atoms with van der Waals surface area (Å²) in [5.74, 6) is -0.0556. The van der Waals surface area contributed by atoms with Gasteiger partial charge in [-0.15, -0.1) is 0 Å². The first-order chi connectivity index (χ1) is 11.7. The quantitative estimate of drug-likeness (QED) is 0.676. The van der Waals surface area contributed by atoms with Gasteiger partial charge in [0.05, 0.1) is 11.8 Å². The molecular formula is C17H21O7. The van der Waals surface area contributed by atoms with Gasteiger partial charge < -0.3 is 23.7 Å². The molecule has 2 aliphatic heterocycles. The second-order valence-corrected chi connectivity index (χ2v) is 7.42. The lowest BCUT2D eigenvalue weighted by Crippen LogP contribution is -2.39. The van der Waals surface area contributed by atoms with E-state index in [0.717, 1.165) is 38.5 Å². The molecule has 2 saturated heterocycles. The molecule has 0 N–H and O–H groups in total. The molecule has 0 aromatic carbocycles. The van der Waals surface area contributed by atoms with Crippen molar-refractivity contribution in [3.8, 4) is 0 Å². The van der Waals surface area contributed by atoms with E-state index < -0.39 is 24.6 Å². The summed E-state index contributed by atoms with van der Waals surface area (Å²) in [6, 6.07) is 0. The predicted octanol–water partition coefficient (Wildman–Crippen LogP) is 1.30. The van der Waals surface area contributed by atoms with Crippen LogP contribution in [-0.2, 0) is 33.3 Å². The SMILES string of the molecule is O=C(OC[C@@H]1O[C@@H]2O[C](C3CC3)O[C@@H]2[C@H]1OC(=O)C1CC1)C1CC1. The van der Waals surface area contributed by atoms with Crippen molar-refractivity contribution in [2.75, 3.05) is 6.61 Å². The van der Waals surface area contributed by atoms with Crippen LogP contribution < -0.4 is 0 Å². The monoisotopic (exact) mass is 337 g/mol. The third kappa shape index (κ3) is 2.93. The van der Waals surface area contributed by atoms with E-state index in [4.69, 9.17) is 23.7 Å². The number of rotatable bonds is 6. The van der Waals surface area contributed by atoms with Crippen LogP contribution in [0.2, 0.25) is 0 Å². The van der Waals surface area contributed by atoms with Gasteiger partial charge in [0.25, 0.3) is 0 Å². The Hall–Kier alpha value is -1.18. The fraction of sp³-hybridized carbons (Fsp3) is 0.824. The number of carbonyl (C=O) groups excluding carboxylic acids is 2. The van der Waals surface area contributed by atoms with Crippen LogP contribution in [-0.4, -0.2) is 43.1 Å². The van der Waals surface area contributed by atoms with Crippen molar-refractivity contribution in [1.82, 2.24) is 0 Å². The van der Waals surface area contributed by atoms with Gasteiger partial charge in [-0.1, -0.05) is 0 Å². The Morgan fingerprint density at radius 1 is 0.958 bits per heavy atom. The van der Waals surface area contributed by atoms with Crippen LogP contribution in [0.3, 0.4) is 0 Å². The largest absolute Gasteiger partial charge is 0.463 e. The van der Waals surface area contributed by atoms with E-state index in [2.05, 4.69) is 0 Å². The van der Waals surface area contributed by atoms with Gasteiger partial charge in [0.15, 0.2) is 18.5 Å². The van der Waals surface area contributed by atoms with Gasteiger partial charge in [0.2, 0.25) is 6.29 Å². The fourth-order valence-corrected chi connectivity index (χ4v) is 3.13. The van der Waals surface area contributed by atoms with E-state index in [9.17, 15) is 9.59 Å². The summed E-state index contributed by atoms with van der Waals surface area (Å²) in [4.78, 5) is 23.8. The summed E-state index contributed by atoms with van der Waals surface area (Å²) in [6.45, 7) is 0.0659. The maximum absolute atomic E-state index is 12.1. The molecule has 3 saturated carbocycles. The maximum atomic E-state index is 12.1. The van der Waals surface area contributed by atoms with Gasteiger partial charge in [-0.25, -0.2) is 0 Å². The third-order valence-electron chi connectivity index (χ3n) is 5.13. The highest BCUT2D eigenvalue weighted by molar-refractivity contribution is 5.75. The number of carbonyl (C=O) groups is 2. The van der Waals surface area contributed by atoms with Gasteiger partial charge in [0, 0.05) is 5.92 Å². The molecule has 5 rings (SSSR count). The van der Waals surface area contributed by atoms with Crippen LogP contribution in [0.15, 0.2) is 0 Å². The molecular weight excluding hydrogens is 316 g/mol. The molecule has 0 aromatic rings. The van der Waals surface area contributed by atoms with Crippen LogP contribution in [0.25, 0.3) is 0 Å². The number of hydrogen-bond donors (Lipinski definition) is 0. The average molecular weight is 337 g/mol. The molecule has 3 aliphatic carbocycles. The predicted molar refractivity (Wildman–Crippen MR) is 76.9 cm³/mol. The molecule has 0 aromatic heterocycles. The first-order valence-corrected chi connectivity index (χ1v) is 8.92. The Kier molecular flexibility index (Phi) is 3.57. The van der Waals surface area contributed by atoms with Crippen molar-refractivity contribution < 1.29 is 33.3 Å². The molecule has 0 spiro atoms. The van der Waals surface area contributed by atoms with Crippen LogP contribution >= 0.6 is 0 Å². The lowest BCUT2D eigenvalue weighted by molar-refractivity contribution is -0.173. The summed E-state index contributed by atoms with van der Waals surface area (Å²) in [5, 5.41) is 0. The topological polar surface area (TPSA) is 80.3 Å². The third-order valence-corrected chi connectivity index (χ3v) is 5.13. The van der Waals surface area contributed by atoms with Crippen molar-refractivity contribution in [3.05, 3.63) is 6.29 Å². The molecule has 1 radical (unpaired) electrons. The zero-order valence-electron chi connectivity index (χ0n) is 13.3. The second kappa shape index (κ2) is 5.68. The minimum atomic E-state index is -0.591. The van der Waals surface area contributed by atoms with Gasteiger partial charge in [-0.2, -0.15) is 0 Å². The van der Waals surface area contributed by atoms with Crippen LogP contribution in [0.4, 0.5) is 0 Å². The highest BCUT2D eigenvalue weighted by atomic mass is 16.8. The van der Waals surface area contributed by atoms with Gasteiger partial charge >= 0.3 is 11.9 Å². The number of hydrogen-bond acceptors (Lipinski definition) is 7. The second-order valence-electron chi connectivity index (χ2n) is 7.42. The van der Waals surface area contributed by atoms with Crippen LogP contribution in [0, 0.1) is 24.0 Å². The zero-order chi connectivity index (χ0) is 16.3. The molecule has 7 nitrogen and oxygen atoms in total. The van der Waals surface area contributed by atoms with Crippen molar-refractivity contribution in [2.24, 2.45) is 17.8 Å². The summed E-state index contributed by atoms with van der Waals surface area (Å²) in [5.41, 5.74) is 0. The lowest BCUT2D eigenvalue weighted by Gasteiger charge is -2.22. The standard InChI is InChI=1S/C17H21O7/c18-14(8-1-2-8)20-7-11-12(22-15(19)9-3-4-9)13-17(21-11)24-16(23-13)10-5-6-10/h8-13,17H,1-7H2/t11-,12-,13+,17+/m0/s1. The molecule has 0 amide bonds. The summed E-state index contributed by atoms with van der Waals surface area (Å²) < 4.78 is 28.4. The molecule has 24 heavy (non-hydrogen) atoms. The molecule has 2 heterocycles. The smallest absolute Gasteiger partial charge is 0.309 e. The Labute approximate surface area is 139 Å². The van der Waals surface area contributed by atoms with Crippen molar-refractivity contribution in [1.29, 1.82) is 0 Å². The number of fused-ring (bicyclic) bond motifs is 1. The molecule has 4 atom stereocenters. The van der Waals surface area contributed by atoms with Gasteiger partial charge in [0.1, 0.15) is 12.7 Å². The Morgan fingerprint density at radius 2 is 1.67 bits per heavy atom. The normalized spacial score (nSPS) is 38.8. The Bertz CT molecular complexity index is 537. The first-order valence-electron chi connectivity index (χ1n) is 8.92. The molecule has 5 aliphatic rings. The summed E-state index contributed by atoms with van der Waals surface area (Å²) in [6.07, 6.45) is 4.08. The van der Waals surface area contributed by atoms with E-state index in [1.807, 2.05) is 0 Å². The average Bonchev–Trinajstić information content (AvgIpc) is 3.45. The van der Waals surface area contributed by atoms with Crippen molar-refractivity contribution >= 4 is 11.9 Å². The van der Waals surface area contributed by atoms with Crippen molar-refractivity contribution in [3.63, 3.8) is 0 Å². The van der Waals surface area contributed by atoms with E-state index in [0.29, 0.717) is 12.2 Å². The van der Waals surface area contributed by atoms with Gasteiger partial charge in [-0.05, 0) is 38.5 Å². The maximum Gasteiger partial charge on any atom is 0.309 e. The Balaban J connectivity index is 1.24. The summed E-state index contributed by atoms with van der Waals surface area (Å²) >= 11 is 0. The molecule has 7 heteroatoms. The van der Waals surface area contributed by atoms with Crippen molar-refractivity contribution in [2.45, 2.75) is 63.1 Å². The van der Waals surface area contributed by atoms with Crippen LogP contribution in [0.5, 0.6) is 0 Å². The highest BCUT2D eigenvalue weighted by Crippen LogP contribution is 2.48. The zero-order valence-corrected chi connectivity index (χ0v) is 13.3. The minimum Gasteiger partial charge on any atom is -0.463 e. The fourth-order valence-electron chi connectivity index (χ4n) is 3.13. The highest BCUT2D eigenvalue weighted by Gasteiger charge is 2.58. The first kappa shape index (κ1) is 15.1. The summed E-state index contributed by atoms with van der Waals surface area (Å²) in [7, 11) is 0. The van der Waals surface area contributed by atoms with Gasteiger partial charge in [-0.3, -0.25) is 9.59 Å². The lowest BCUT2D eigenvalue weighted by atomic mass is 10.1.